The fourth-order valence-corrected chi connectivity index (χ4v) is 2.22. The van der Waals surface area contributed by atoms with Crippen molar-refractivity contribution in [2.24, 2.45) is 0 Å². The van der Waals surface area contributed by atoms with Crippen LogP contribution in [-0.4, -0.2) is 32.3 Å². The summed E-state index contributed by atoms with van der Waals surface area (Å²) < 4.78 is 15.4. The molecule has 1 aromatic carbocycles. The number of nitrogens with zero attached hydrogens (tertiary/aromatic N) is 1. The number of methoxy groups -OCH3 is 3. The van der Waals surface area contributed by atoms with Gasteiger partial charge in [0.1, 0.15) is 11.5 Å². The van der Waals surface area contributed by atoms with Gasteiger partial charge in [-0.1, -0.05) is 11.6 Å². The highest BCUT2D eigenvalue weighted by Gasteiger charge is 2.12. The molecule has 24 heavy (non-hydrogen) atoms. The fraction of sp³-hybridized carbons (Fsp3) is 0.250. The van der Waals surface area contributed by atoms with Crippen molar-refractivity contribution >= 4 is 23.3 Å². The molecule has 0 bridgehead atoms. The second-order valence-corrected chi connectivity index (χ2v) is 5.11. The van der Waals surface area contributed by atoms with Crippen LogP contribution < -0.4 is 24.8 Å². The van der Waals surface area contributed by atoms with Crippen LogP contribution in [0, 0.1) is 0 Å². The van der Waals surface area contributed by atoms with Gasteiger partial charge in [-0.25, -0.2) is 9.78 Å². The Hall–Kier alpha value is -2.67. The molecule has 0 atom stereocenters. The van der Waals surface area contributed by atoms with Gasteiger partial charge >= 0.3 is 6.03 Å². The average Bonchev–Trinajstić information content (AvgIpc) is 2.60. The summed E-state index contributed by atoms with van der Waals surface area (Å²) in [6.45, 7) is 0.316. The monoisotopic (exact) mass is 351 g/mol. The van der Waals surface area contributed by atoms with Gasteiger partial charge in [-0.05, 0) is 17.7 Å². The fourth-order valence-electron chi connectivity index (χ4n) is 1.98. The van der Waals surface area contributed by atoms with E-state index in [9.17, 15) is 4.79 Å². The smallest absolute Gasteiger partial charge is 0.319 e. The number of aromatic nitrogens is 1. The Labute approximate surface area is 144 Å². The van der Waals surface area contributed by atoms with Crippen molar-refractivity contribution in [1.82, 2.24) is 10.3 Å². The number of hydrogen-bond acceptors (Lipinski definition) is 5. The zero-order chi connectivity index (χ0) is 17.5. The second kappa shape index (κ2) is 8.26. The Morgan fingerprint density at radius 1 is 1.12 bits per heavy atom. The van der Waals surface area contributed by atoms with Crippen molar-refractivity contribution in [1.29, 1.82) is 0 Å². The van der Waals surface area contributed by atoms with Crippen molar-refractivity contribution in [3.8, 4) is 17.4 Å². The molecule has 0 saturated carbocycles. The van der Waals surface area contributed by atoms with E-state index in [1.54, 1.807) is 30.5 Å². The van der Waals surface area contributed by atoms with E-state index in [4.69, 9.17) is 25.8 Å². The maximum Gasteiger partial charge on any atom is 0.319 e. The van der Waals surface area contributed by atoms with Gasteiger partial charge in [0.25, 0.3) is 0 Å². The molecule has 8 heteroatoms. The predicted molar refractivity (Wildman–Crippen MR) is 91.2 cm³/mol. The first kappa shape index (κ1) is 17.7. The first-order valence-corrected chi connectivity index (χ1v) is 7.40. The summed E-state index contributed by atoms with van der Waals surface area (Å²) in [7, 11) is 4.53. The maximum atomic E-state index is 12.1. The summed E-state index contributed by atoms with van der Waals surface area (Å²) >= 11 is 6.08. The van der Waals surface area contributed by atoms with Crippen molar-refractivity contribution in [2.75, 3.05) is 26.6 Å². The molecule has 0 aliphatic rings. The number of nitrogens with one attached hydrogen (secondary N) is 2. The number of ether oxygens (including phenoxy) is 3. The van der Waals surface area contributed by atoms with Gasteiger partial charge in [-0.2, -0.15) is 0 Å². The van der Waals surface area contributed by atoms with Crippen LogP contribution in [0.15, 0.2) is 30.5 Å². The van der Waals surface area contributed by atoms with Crippen molar-refractivity contribution < 1.29 is 19.0 Å². The third-order valence-corrected chi connectivity index (χ3v) is 3.48. The Morgan fingerprint density at radius 3 is 2.54 bits per heavy atom. The van der Waals surface area contributed by atoms with E-state index in [0.29, 0.717) is 34.6 Å². The number of benzene rings is 1. The Kier molecular flexibility index (Phi) is 6.08. The number of anilines is 1. The normalized spacial score (nSPS) is 10.0. The van der Waals surface area contributed by atoms with Crippen molar-refractivity contribution in [2.45, 2.75) is 6.54 Å². The maximum absolute atomic E-state index is 12.1. The minimum Gasteiger partial charge on any atom is -0.495 e. The van der Waals surface area contributed by atoms with Crippen LogP contribution in [0.3, 0.4) is 0 Å². The zero-order valence-electron chi connectivity index (χ0n) is 13.6. The molecule has 0 unspecified atom stereocenters. The molecule has 2 aromatic rings. The van der Waals surface area contributed by atoms with Gasteiger partial charge in [0.05, 0.1) is 32.0 Å². The lowest BCUT2D eigenvalue weighted by molar-refractivity contribution is 0.251. The lowest BCUT2D eigenvalue weighted by Gasteiger charge is -2.13. The number of hydrogen-bond donors (Lipinski definition) is 2. The Morgan fingerprint density at radius 2 is 1.88 bits per heavy atom. The molecule has 128 valence electrons. The summed E-state index contributed by atoms with van der Waals surface area (Å²) in [6, 6.07) is 6.30. The molecule has 0 aliphatic heterocycles. The number of pyridine rings is 1. The van der Waals surface area contributed by atoms with Crippen LogP contribution in [-0.2, 0) is 6.54 Å². The minimum absolute atomic E-state index is 0.316. The first-order chi connectivity index (χ1) is 11.6. The SMILES string of the molecule is COc1cc(CNC(=O)Nc2cc(Cl)c(OC)cc2OC)ccn1. The zero-order valence-corrected chi connectivity index (χ0v) is 14.3. The van der Waals surface area contributed by atoms with E-state index in [0.717, 1.165) is 5.56 Å². The number of carbonyl (C=O) groups is 1. The molecule has 2 N–H and O–H groups in total. The number of urea groups is 1. The van der Waals surface area contributed by atoms with E-state index >= 15 is 0 Å². The quantitative estimate of drug-likeness (QED) is 0.835. The molecular weight excluding hydrogens is 334 g/mol. The highest BCUT2D eigenvalue weighted by atomic mass is 35.5. The van der Waals surface area contributed by atoms with E-state index in [2.05, 4.69) is 15.6 Å². The lowest BCUT2D eigenvalue weighted by Crippen LogP contribution is -2.28. The lowest BCUT2D eigenvalue weighted by atomic mass is 10.2. The summed E-state index contributed by atoms with van der Waals surface area (Å²) in [5.41, 5.74) is 1.30. The highest BCUT2D eigenvalue weighted by Crippen LogP contribution is 2.35. The molecule has 2 rings (SSSR count). The van der Waals surface area contributed by atoms with Gasteiger partial charge < -0.3 is 24.8 Å². The molecule has 7 nitrogen and oxygen atoms in total. The minimum atomic E-state index is -0.398. The average molecular weight is 352 g/mol. The van der Waals surface area contributed by atoms with E-state index in [-0.39, 0.29) is 0 Å². The van der Waals surface area contributed by atoms with E-state index in [1.165, 1.54) is 21.3 Å². The van der Waals surface area contributed by atoms with Gasteiger partial charge in [0.15, 0.2) is 0 Å². The second-order valence-electron chi connectivity index (χ2n) is 4.70. The number of amides is 2. The Balaban J connectivity index is 2.02. The Bertz CT molecular complexity index is 724. The number of carbonyl (C=O) groups excluding carboxylic acids is 1. The van der Waals surface area contributed by atoms with Gasteiger partial charge in [-0.15, -0.1) is 0 Å². The molecular formula is C16H18ClN3O4. The standard InChI is InChI=1S/C16H18ClN3O4/c1-22-13-8-14(23-2)12(7-11(13)17)20-16(21)19-9-10-4-5-18-15(6-10)24-3/h4-8H,9H2,1-3H3,(H2,19,20,21). The van der Waals surface area contributed by atoms with E-state index < -0.39 is 6.03 Å². The first-order valence-electron chi connectivity index (χ1n) is 7.02. The third kappa shape index (κ3) is 4.42. The van der Waals surface area contributed by atoms with Gasteiger partial charge in [0, 0.05) is 24.9 Å². The highest BCUT2D eigenvalue weighted by molar-refractivity contribution is 6.32. The summed E-state index contributed by atoms with van der Waals surface area (Å²) in [4.78, 5) is 16.1. The molecule has 1 heterocycles. The largest absolute Gasteiger partial charge is 0.495 e. The van der Waals surface area contributed by atoms with Crippen LogP contribution in [0.1, 0.15) is 5.56 Å². The predicted octanol–water partition coefficient (Wildman–Crippen LogP) is 3.08. The number of rotatable bonds is 6. The van der Waals surface area contributed by atoms with E-state index in [1.807, 2.05) is 0 Å². The van der Waals surface area contributed by atoms with Crippen LogP contribution in [0.25, 0.3) is 0 Å². The van der Waals surface area contributed by atoms with Crippen LogP contribution >= 0.6 is 11.6 Å². The van der Waals surface area contributed by atoms with Crippen molar-refractivity contribution in [3.05, 3.63) is 41.0 Å². The van der Waals surface area contributed by atoms with Crippen LogP contribution in [0.4, 0.5) is 10.5 Å². The molecule has 0 saturated heterocycles. The molecule has 0 radical (unpaired) electrons. The topological polar surface area (TPSA) is 81.7 Å². The van der Waals surface area contributed by atoms with Crippen LogP contribution in [0.2, 0.25) is 5.02 Å². The molecule has 0 aliphatic carbocycles. The van der Waals surface area contributed by atoms with Gasteiger partial charge in [0.2, 0.25) is 5.88 Å². The molecule has 2 amide bonds. The van der Waals surface area contributed by atoms with Crippen LogP contribution in [0.5, 0.6) is 17.4 Å². The summed E-state index contributed by atoms with van der Waals surface area (Å²) in [6.07, 6.45) is 1.61. The summed E-state index contributed by atoms with van der Waals surface area (Å²) in [5, 5.41) is 5.79. The molecule has 1 aromatic heterocycles. The third-order valence-electron chi connectivity index (χ3n) is 3.18. The molecule has 0 fully saturated rings. The van der Waals surface area contributed by atoms with Crippen molar-refractivity contribution in [3.63, 3.8) is 0 Å². The van der Waals surface area contributed by atoms with Gasteiger partial charge in [-0.3, -0.25) is 0 Å². The number of halogens is 1. The summed E-state index contributed by atoms with van der Waals surface area (Å²) in [5.74, 6) is 1.39. The molecule has 0 spiro atoms.